The third-order valence-corrected chi connectivity index (χ3v) is 6.25. The fourth-order valence-electron chi connectivity index (χ4n) is 3.55. The van der Waals surface area contributed by atoms with E-state index in [4.69, 9.17) is 4.74 Å². The second-order valence-electron chi connectivity index (χ2n) is 7.16. The van der Waals surface area contributed by atoms with Crippen LogP contribution in [0.25, 0.3) is 6.08 Å². The van der Waals surface area contributed by atoms with Crippen molar-refractivity contribution in [2.45, 2.75) is 26.8 Å². The van der Waals surface area contributed by atoms with E-state index in [1.165, 1.54) is 28.0 Å². The van der Waals surface area contributed by atoms with Gasteiger partial charge in [0.2, 0.25) is 0 Å². The van der Waals surface area contributed by atoms with E-state index in [0.717, 1.165) is 11.3 Å². The van der Waals surface area contributed by atoms with Crippen molar-refractivity contribution in [3.05, 3.63) is 84.1 Å². The minimum atomic E-state index is -0.756. The number of halogens is 1. The molecule has 0 saturated heterocycles. The molecule has 0 aliphatic carbocycles. The Morgan fingerprint density at radius 2 is 2.00 bits per heavy atom. The molecule has 3 aromatic rings. The third kappa shape index (κ3) is 3.65. The molecule has 1 atom stereocenters. The summed E-state index contributed by atoms with van der Waals surface area (Å²) in [7, 11) is 1.83. The number of hydrogen-bond acceptors (Lipinski definition) is 6. The molecule has 1 aliphatic rings. The molecule has 31 heavy (non-hydrogen) atoms. The molecular weight excluding hydrogens is 419 g/mol. The van der Waals surface area contributed by atoms with Gasteiger partial charge in [-0.25, -0.2) is 14.2 Å². The molecule has 2 aromatic heterocycles. The van der Waals surface area contributed by atoms with Crippen LogP contribution in [0.2, 0.25) is 0 Å². The molecule has 0 bridgehead atoms. The number of rotatable bonds is 4. The standard InChI is InChI=1S/C22H21FN4O3S/c1-5-30-21(29)18-12(2)25-22-27(19(18)14-6-8-16(23)9-7-14)20(28)17(31-22)10-15-11-24-26(4)13(15)3/h6-11,19H,5H2,1-4H3/b17-10+/t19-/m1/s1. The third-order valence-electron chi connectivity index (χ3n) is 5.26. The maximum Gasteiger partial charge on any atom is 0.338 e. The first kappa shape index (κ1) is 20.9. The largest absolute Gasteiger partial charge is 0.463 e. The van der Waals surface area contributed by atoms with E-state index in [0.29, 0.717) is 20.6 Å². The number of thiazole rings is 1. The highest BCUT2D eigenvalue weighted by Gasteiger charge is 2.33. The van der Waals surface area contributed by atoms with Crippen molar-refractivity contribution in [3.63, 3.8) is 0 Å². The number of aryl methyl sites for hydroxylation is 1. The zero-order chi connectivity index (χ0) is 22.3. The van der Waals surface area contributed by atoms with E-state index in [2.05, 4.69) is 10.1 Å². The monoisotopic (exact) mass is 440 g/mol. The summed E-state index contributed by atoms with van der Waals surface area (Å²) in [4.78, 5) is 31.2. The summed E-state index contributed by atoms with van der Waals surface area (Å²) < 4.78 is 22.5. The summed E-state index contributed by atoms with van der Waals surface area (Å²) in [6.07, 6.45) is 3.47. The van der Waals surface area contributed by atoms with Gasteiger partial charge in [0.05, 0.1) is 34.6 Å². The lowest BCUT2D eigenvalue weighted by molar-refractivity contribution is -0.139. The molecule has 0 fully saturated rings. The van der Waals surface area contributed by atoms with Crippen LogP contribution in [0.3, 0.4) is 0 Å². The molecule has 0 unspecified atom stereocenters. The number of carbonyl (C=O) groups excluding carboxylic acids is 1. The van der Waals surface area contributed by atoms with Gasteiger partial charge in [-0.15, -0.1) is 0 Å². The molecule has 3 heterocycles. The minimum absolute atomic E-state index is 0.191. The second kappa shape index (κ2) is 8.07. The van der Waals surface area contributed by atoms with Gasteiger partial charge >= 0.3 is 5.97 Å². The van der Waals surface area contributed by atoms with Gasteiger partial charge in [-0.05, 0) is 44.5 Å². The maximum atomic E-state index is 13.6. The summed E-state index contributed by atoms with van der Waals surface area (Å²) in [6.45, 7) is 5.54. The number of allylic oxidation sites excluding steroid dienone is 1. The first-order chi connectivity index (χ1) is 14.8. The predicted octanol–water partition coefficient (Wildman–Crippen LogP) is 1.98. The van der Waals surface area contributed by atoms with Gasteiger partial charge < -0.3 is 4.74 Å². The van der Waals surface area contributed by atoms with E-state index >= 15 is 0 Å². The summed E-state index contributed by atoms with van der Waals surface area (Å²) in [5, 5.41) is 4.22. The molecule has 0 saturated carbocycles. The first-order valence-corrected chi connectivity index (χ1v) is 10.6. The normalized spacial score (nSPS) is 16.3. The van der Waals surface area contributed by atoms with Gasteiger partial charge in [-0.1, -0.05) is 23.5 Å². The minimum Gasteiger partial charge on any atom is -0.463 e. The van der Waals surface area contributed by atoms with Gasteiger partial charge in [-0.3, -0.25) is 14.0 Å². The molecule has 0 amide bonds. The SMILES string of the molecule is CCOC(=O)C1=C(C)N=c2s/c(=C/c3cnn(C)c3C)c(=O)n2[C@@H]1c1ccc(F)cc1. The Labute approximate surface area is 181 Å². The predicted molar refractivity (Wildman–Crippen MR) is 115 cm³/mol. The van der Waals surface area contributed by atoms with Crippen molar-refractivity contribution >= 4 is 23.4 Å². The zero-order valence-corrected chi connectivity index (χ0v) is 18.4. The van der Waals surface area contributed by atoms with Crippen LogP contribution < -0.4 is 14.9 Å². The second-order valence-corrected chi connectivity index (χ2v) is 8.17. The van der Waals surface area contributed by atoms with Crippen LogP contribution in [0.15, 0.2) is 51.5 Å². The Morgan fingerprint density at radius 1 is 1.29 bits per heavy atom. The van der Waals surface area contributed by atoms with Crippen molar-refractivity contribution in [2.24, 2.45) is 12.0 Å². The fraction of sp³-hybridized carbons (Fsp3) is 0.273. The molecular formula is C22H21FN4O3S. The van der Waals surface area contributed by atoms with Crippen molar-refractivity contribution < 1.29 is 13.9 Å². The van der Waals surface area contributed by atoms with Crippen molar-refractivity contribution in [2.75, 3.05) is 6.61 Å². The Hall–Kier alpha value is -3.33. The van der Waals surface area contributed by atoms with Crippen molar-refractivity contribution in [3.8, 4) is 0 Å². The van der Waals surface area contributed by atoms with E-state index in [1.54, 1.807) is 42.9 Å². The van der Waals surface area contributed by atoms with Crippen LogP contribution in [0.1, 0.15) is 36.7 Å². The highest BCUT2D eigenvalue weighted by Crippen LogP contribution is 2.30. The number of hydrogen-bond donors (Lipinski definition) is 0. The van der Waals surface area contributed by atoms with Crippen LogP contribution in [-0.2, 0) is 16.6 Å². The van der Waals surface area contributed by atoms with Gasteiger partial charge in [-0.2, -0.15) is 5.10 Å². The molecule has 160 valence electrons. The molecule has 0 spiro atoms. The zero-order valence-electron chi connectivity index (χ0n) is 17.5. The smallest absolute Gasteiger partial charge is 0.338 e. The molecule has 9 heteroatoms. The van der Waals surface area contributed by atoms with Crippen molar-refractivity contribution in [1.29, 1.82) is 0 Å². The van der Waals surface area contributed by atoms with Crippen LogP contribution in [-0.4, -0.2) is 26.9 Å². The van der Waals surface area contributed by atoms with Crippen LogP contribution in [0.5, 0.6) is 0 Å². The van der Waals surface area contributed by atoms with Gasteiger partial charge in [0, 0.05) is 18.3 Å². The molecule has 0 radical (unpaired) electrons. The van der Waals surface area contributed by atoms with E-state index < -0.39 is 17.8 Å². The van der Waals surface area contributed by atoms with Gasteiger partial charge in [0.25, 0.3) is 5.56 Å². The highest BCUT2D eigenvalue weighted by atomic mass is 32.1. The van der Waals surface area contributed by atoms with E-state index in [1.807, 2.05) is 14.0 Å². The molecule has 4 rings (SSSR count). The summed E-state index contributed by atoms with van der Waals surface area (Å²) in [5.74, 6) is -0.947. The molecule has 0 N–H and O–H groups in total. The number of carbonyl (C=O) groups is 1. The van der Waals surface area contributed by atoms with Crippen LogP contribution in [0.4, 0.5) is 4.39 Å². The summed E-state index contributed by atoms with van der Waals surface area (Å²) in [5.41, 5.74) is 2.81. The van der Waals surface area contributed by atoms with Crippen LogP contribution in [0, 0.1) is 12.7 Å². The Kier molecular flexibility index (Phi) is 5.45. The first-order valence-electron chi connectivity index (χ1n) is 9.75. The average molecular weight is 441 g/mol. The Balaban J connectivity index is 1.97. The van der Waals surface area contributed by atoms with Gasteiger partial charge in [0.15, 0.2) is 4.80 Å². The fourth-order valence-corrected chi connectivity index (χ4v) is 4.59. The lowest BCUT2D eigenvalue weighted by atomic mass is 9.96. The number of aromatic nitrogens is 3. The Bertz CT molecular complexity index is 1380. The van der Waals surface area contributed by atoms with Gasteiger partial charge in [0.1, 0.15) is 5.82 Å². The number of ether oxygens (including phenoxy) is 1. The quantitative estimate of drug-likeness (QED) is 0.582. The topological polar surface area (TPSA) is 78.5 Å². The Morgan fingerprint density at radius 3 is 2.61 bits per heavy atom. The molecule has 1 aliphatic heterocycles. The van der Waals surface area contributed by atoms with E-state index in [-0.39, 0.29) is 17.7 Å². The lowest BCUT2D eigenvalue weighted by Gasteiger charge is -2.24. The number of benzene rings is 1. The molecule has 7 nitrogen and oxygen atoms in total. The lowest BCUT2D eigenvalue weighted by Crippen LogP contribution is -2.39. The summed E-state index contributed by atoms with van der Waals surface area (Å²) in [6, 6.07) is 5.00. The number of esters is 1. The van der Waals surface area contributed by atoms with Crippen molar-refractivity contribution in [1.82, 2.24) is 14.3 Å². The highest BCUT2D eigenvalue weighted by molar-refractivity contribution is 7.07. The van der Waals surface area contributed by atoms with Crippen LogP contribution >= 0.6 is 11.3 Å². The maximum absolute atomic E-state index is 13.6. The van der Waals surface area contributed by atoms with E-state index in [9.17, 15) is 14.0 Å². The number of fused-ring (bicyclic) bond motifs is 1. The molecule has 1 aromatic carbocycles. The number of nitrogens with zero attached hydrogens (tertiary/aromatic N) is 4. The average Bonchev–Trinajstić information content (AvgIpc) is 3.21. The summed E-state index contributed by atoms with van der Waals surface area (Å²) >= 11 is 1.24.